The van der Waals surface area contributed by atoms with E-state index in [1.807, 2.05) is 12.1 Å². The molecule has 0 aromatic heterocycles. The normalized spacial score (nSPS) is 27.9. The number of nitrogens with zero attached hydrogens (tertiary/aromatic N) is 1. The second-order valence-electron chi connectivity index (χ2n) is 9.05. The summed E-state index contributed by atoms with van der Waals surface area (Å²) in [7, 11) is 2.44. The first-order valence-electron chi connectivity index (χ1n) is 10.7. The van der Waals surface area contributed by atoms with Crippen molar-refractivity contribution in [1.29, 1.82) is 0 Å². The molecule has 3 rings (SSSR count). The van der Waals surface area contributed by atoms with Gasteiger partial charge in [-0.15, -0.1) is 0 Å². The quantitative estimate of drug-likeness (QED) is 0.514. The number of carbonyl (C=O) groups excluding carboxylic acids is 1. The van der Waals surface area contributed by atoms with Crippen molar-refractivity contribution in [3.05, 3.63) is 29.8 Å². The van der Waals surface area contributed by atoms with Crippen molar-refractivity contribution in [2.75, 3.05) is 33.4 Å². The Bertz CT molecular complexity index is 609. The monoisotopic (exact) mass is 374 g/mol. The van der Waals surface area contributed by atoms with E-state index in [9.17, 15) is 4.79 Å². The molecule has 27 heavy (non-hydrogen) atoms. The fraction of sp³-hybridized carbons (Fsp3) is 0.696. The maximum Gasteiger partial charge on any atom is 0.338 e. The van der Waals surface area contributed by atoms with Gasteiger partial charge in [-0.05, 0) is 68.7 Å². The van der Waals surface area contributed by atoms with Gasteiger partial charge in [0.1, 0.15) is 5.75 Å². The molecule has 0 amide bonds. The molecule has 0 spiro atoms. The highest BCUT2D eigenvalue weighted by atomic mass is 16.5. The highest BCUT2D eigenvalue weighted by Gasteiger charge is 2.43. The van der Waals surface area contributed by atoms with Gasteiger partial charge in [-0.3, -0.25) is 0 Å². The summed E-state index contributed by atoms with van der Waals surface area (Å²) in [6.07, 6.45) is 7.67. The van der Waals surface area contributed by atoms with Gasteiger partial charge in [0.25, 0.3) is 0 Å². The molecule has 2 fully saturated rings. The third-order valence-corrected chi connectivity index (χ3v) is 6.40. The van der Waals surface area contributed by atoms with Crippen molar-refractivity contribution in [1.82, 2.24) is 0 Å². The zero-order valence-electron chi connectivity index (χ0n) is 17.3. The standard InChI is InChI=1S/C23H36NO3/c1-18(2)17-27-21-11-9-20(10-12-21)23(25)26-16-13-19-7-6-15-24(3)14-5-4-8-22(19)24/h9-12,18-19,22H,4-8,13-17H2,1-3H3/q+1/t19-,22+,24?/m1/s1. The fourth-order valence-corrected chi connectivity index (χ4v) is 4.91. The van der Waals surface area contributed by atoms with Gasteiger partial charge >= 0.3 is 5.97 Å². The Labute approximate surface area is 164 Å². The number of quaternary nitrogens is 1. The van der Waals surface area contributed by atoms with E-state index in [2.05, 4.69) is 20.9 Å². The van der Waals surface area contributed by atoms with E-state index in [0.717, 1.165) is 18.2 Å². The predicted molar refractivity (Wildman–Crippen MR) is 108 cm³/mol. The van der Waals surface area contributed by atoms with E-state index < -0.39 is 0 Å². The topological polar surface area (TPSA) is 35.5 Å². The average molecular weight is 375 g/mol. The highest BCUT2D eigenvalue weighted by molar-refractivity contribution is 5.89. The molecule has 0 bridgehead atoms. The van der Waals surface area contributed by atoms with Crippen LogP contribution in [0.5, 0.6) is 5.75 Å². The molecule has 2 heterocycles. The minimum Gasteiger partial charge on any atom is -0.493 e. The molecule has 4 nitrogen and oxygen atoms in total. The van der Waals surface area contributed by atoms with Gasteiger partial charge in [0.2, 0.25) is 0 Å². The minimum atomic E-state index is -0.220. The fourth-order valence-electron chi connectivity index (χ4n) is 4.91. The number of carbonyl (C=O) groups is 1. The summed E-state index contributed by atoms with van der Waals surface area (Å²) >= 11 is 0. The average Bonchev–Trinajstić information content (AvgIpc) is 2.66. The van der Waals surface area contributed by atoms with Crippen molar-refractivity contribution in [3.63, 3.8) is 0 Å². The second kappa shape index (κ2) is 9.09. The van der Waals surface area contributed by atoms with Crippen LogP contribution in [-0.4, -0.2) is 49.8 Å². The van der Waals surface area contributed by atoms with E-state index in [-0.39, 0.29) is 5.97 Å². The summed E-state index contributed by atoms with van der Waals surface area (Å²) in [6, 6.07) is 8.07. The molecule has 2 aliphatic rings. The Morgan fingerprint density at radius 1 is 1.11 bits per heavy atom. The number of esters is 1. The van der Waals surface area contributed by atoms with Gasteiger partial charge in [-0.25, -0.2) is 4.79 Å². The number of fused-ring (bicyclic) bond motifs is 1. The van der Waals surface area contributed by atoms with Crippen LogP contribution in [0.25, 0.3) is 0 Å². The van der Waals surface area contributed by atoms with Crippen LogP contribution in [0, 0.1) is 11.8 Å². The highest BCUT2D eigenvalue weighted by Crippen LogP contribution is 2.37. The molecule has 1 aromatic carbocycles. The van der Waals surface area contributed by atoms with Gasteiger partial charge in [-0.2, -0.15) is 0 Å². The second-order valence-corrected chi connectivity index (χ2v) is 9.05. The molecular weight excluding hydrogens is 338 g/mol. The van der Waals surface area contributed by atoms with Crippen molar-refractivity contribution in [3.8, 4) is 5.75 Å². The number of ether oxygens (including phenoxy) is 2. The van der Waals surface area contributed by atoms with Gasteiger partial charge < -0.3 is 14.0 Å². The molecule has 3 atom stereocenters. The van der Waals surface area contributed by atoms with E-state index in [4.69, 9.17) is 9.47 Å². The Morgan fingerprint density at radius 2 is 1.85 bits per heavy atom. The lowest BCUT2D eigenvalue weighted by Gasteiger charge is -2.51. The summed E-state index contributed by atoms with van der Waals surface area (Å²) in [6.45, 7) is 8.10. The first-order valence-corrected chi connectivity index (χ1v) is 10.7. The lowest BCUT2D eigenvalue weighted by molar-refractivity contribution is -0.947. The first kappa shape index (κ1) is 20.2. The maximum absolute atomic E-state index is 12.3. The Kier molecular flexibility index (Phi) is 6.80. The smallest absolute Gasteiger partial charge is 0.338 e. The van der Waals surface area contributed by atoms with E-state index >= 15 is 0 Å². The summed E-state index contributed by atoms with van der Waals surface area (Å²) in [5.74, 6) is 1.77. The van der Waals surface area contributed by atoms with Crippen molar-refractivity contribution in [2.45, 2.75) is 58.4 Å². The number of hydrogen-bond acceptors (Lipinski definition) is 3. The summed E-state index contributed by atoms with van der Waals surface area (Å²) in [5, 5.41) is 0. The molecule has 2 saturated heterocycles. The molecule has 0 N–H and O–H groups in total. The molecule has 4 heteroatoms. The van der Waals surface area contributed by atoms with Gasteiger partial charge in [0.15, 0.2) is 0 Å². The largest absolute Gasteiger partial charge is 0.493 e. The van der Waals surface area contributed by atoms with Crippen LogP contribution in [0.4, 0.5) is 0 Å². The number of benzene rings is 1. The van der Waals surface area contributed by atoms with Crippen molar-refractivity contribution in [2.24, 2.45) is 11.8 Å². The van der Waals surface area contributed by atoms with Crippen molar-refractivity contribution >= 4 is 5.97 Å². The van der Waals surface area contributed by atoms with Crippen molar-refractivity contribution < 1.29 is 18.8 Å². The first-order chi connectivity index (χ1) is 13.0. The third kappa shape index (κ3) is 5.25. The van der Waals surface area contributed by atoms with E-state index in [1.165, 1.54) is 49.7 Å². The molecule has 2 aliphatic heterocycles. The lowest BCUT2D eigenvalue weighted by Crippen LogP contribution is -2.60. The molecule has 150 valence electrons. The zero-order valence-corrected chi connectivity index (χ0v) is 17.3. The number of hydrogen-bond donors (Lipinski definition) is 0. The van der Waals surface area contributed by atoms with Crippen LogP contribution in [-0.2, 0) is 4.74 Å². The molecule has 0 radical (unpaired) electrons. The van der Waals surface area contributed by atoms with Crippen LogP contribution in [0.3, 0.4) is 0 Å². The Morgan fingerprint density at radius 3 is 2.59 bits per heavy atom. The molecule has 1 unspecified atom stereocenters. The molecule has 0 saturated carbocycles. The SMILES string of the molecule is CC(C)COc1ccc(C(=O)OCC[C@H]2CCC[N+]3(C)CCCC[C@@H]23)cc1. The van der Waals surface area contributed by atoms with Gasteiger partial charge in [0.05, 0.1) is 45.0 Å². The Hall–Kier alpha value is -1.55. The molecule has 1 aromatic rings. The minimum absolute atomic E-state index is 0.220. The van der Waals surface area contributed by atoms with Crippen LogP contribution < -0.4 is 4.74 Å². The van der Waals surface area contributed by atoms with E-state index in [0.29, 0.717) is 30.6 Å². The zero-order chi connectivity index (χ0) is 19.3. The molecular formula is C23H36NO3+. The van der Waals surface area contributed by atoms with Crippen LogP contribution in [0.15, 0.2) is 24.3 Å². The summed E-state index contributed by atoms with van der Waals surface area (Å²) in [4.78, 5) is 12.3. The van der Waals surface area contributed by atoms with Crippen LogP contribution >= 0.6 is 0 Å². The number of piperidine rings is 2. The van der Waals surface area contributed by atoms with Crippen LogP contribution in [0.2, 0.25) is 0 Å². The Balaban J connectivity index is 1.46. The summed E-state index contributed by atoms with van der Waals surface area (Å²) < 4.78 is 12.5. The van der Waals surface area contributed by atoms with Crippen LogP contribution in [0.1, 0.15) is 62.7 Å². The van der Waals surface area contributed by atoms with E-state index in [1.54, 1.807) is 12.1 Å². The van der Waals surface area contributed by atoms with Gasteiger partial charge in [0, 0.05) is 5.92 Å². The lowest BCUT2D eigenvalue weighted by atomic mass is 9.80. The maximum atomic E-state index is 12.3. The third-order valence-electron chi connectivity index (χ3n) is 6.40. The molecule has 0 aliphatic carbocycles. The van der Waals surface area contributed by atoms with Gasteiger partial charge in [-0.1, -0.05) is 13.8 Å². The summed E-state index contributed by atoms with van der Waals surface area (Å²) in [5.41, 5.74) is 0.605. The predicted octanol–water partition coefficient (Wildman–Crippen LogP) is 4.68. The number of rotatable bonds is 7.